The van der Waals surface area contributed by atoms with Crippen molar-refractivity contribution in [1.82, 2.24) is 5.32 Å². The fraction of sp³-hybridized carbons (Fsp3) is 0.111. The van der Waals surface area contributed by atoms with Crippen molar-refractivity contribution < 1.29 is 14.3 Å². The van der Waals surface area contributed by atoms with Crippen LogP contribution in [-0.4, -0.2) is 12.7 Å². The van der Waals surface area contributed by atoms with Crippen LogP contribution in [0.5, 0.6) is 11.5 Å². The van der Waals surface area contributed by atoms with Crippen LogP contribution < -0.4 is 20.1 Å². The average molecular weight is 321 g/mol. The smallest absolute Gasteiger partial charge is 0.263 e. The number of benzene rings is 2. The van der Waals surface area contributed by atoms with Gasteiger partial charge in [0.15, 0.2) is 11.5 Å². The summed E-state index contributed by atoms with van der Waals surface area (Å²) in [5.74, 6) is 0.862. The molecule has 0 bridgehead atoms. The molecule has 2 aromatic carbocycles. The standard InChI is InChI=1S/C18H15N3O3/c19-9-14(18(22)21-10-13-4-2-1-3-5-13)11-20-15-6-7-16-17(8-15)24-12-23-16/h1-8,11,20H,10,12H2,(H,21,22)/b14-11-. The van der Waals surface area contributed by atoms with E-state index in [-0.39, 0.29) is 12.4 Å². The van der Waals surface area contributed by atoms with Crippen LogP contribution in [0.4, 0.5) is 5.69 Å². The summed E-state index contributed by atoms with van der Waals surface area (Å²) < 4.78 is 10.5. The topological polar surface area (TPSA) is 83.4 Å². The van der Waals surface area contributed by atoms with Crippen molar-refractivity contribution in [2.24, 2.45) is 0 Å². The lowest BCUT2D eigenvalue weighted by atomic mass is 10.2. The Labute approximate surface area is 139 Å². The second kappa shape index (κ2) is 7.20. The van der Waals surface area contributed by atoms with Crippen molar-refractivity contribution in [3.8, 4) is 17.6 Å². The first kappa shape index (κ1) is 15.4. The Balaban J connectivity index is 1.61. The molecular formula is C18H15N3O3. The number of fused-ring (bicyclic) bond motifs is 1. The van der Waals surface area contributed by atoms with Gasteiger partial charge in [0, 0.05) is 24.5 Å². The molecule has 2 aromatic rings. The summed E-state index contributed by atoms with van der Waals surface area (Å²) in [6, 6.07) is 16.7. The van der Waals surface area contributed by atoms with Gasteiger partial charge in [-0.2, -0.15) is 5.26 Å². The Kier molecular flexibility index (Phi) is 4.63. The summed E-state index contributed by atoms with van der Waals surface area (Å²) in [6.07, 6.45) is 1.37. The second-order valence-corrected chi connectivity index (χ2v) is 5.05. The van der Waals surface area contributed by atoms with Crippen LogP contribution in [0, 0.1) is 11.3 Å². The molecule has 0 aliphatic carbocycles. The molecule has 1 heterocycles. The van der Waals surface area contributed by atoms with E-state index in [0.29, 0.717) is 23.7 Å². The molecule has 0 aromatic heterocycles. The molecule has 1 aliphatic rings. The lowest BCUT2D eigenvalue weighted by Gasteiger charge is -2.06. The molecule has 6 nitrogen and oxygen atoms in total. The number of nitrogens with one attached hydrogen (secondary N) is 2. The largest absolute Gasteiger partial charge is 0.454 e. The minimum Gasteiger partial charge on any atom is -0.454 e. The lowest BCUT2D eigenvalue weighted by Crippen LogP contribution is -2.24. The number of nitriles is 1. The van der Waals surface area contributed by atoms with Crippen LogP contribution in [0.3, 0.4) is 0 Å². The first-order valence-electron chi connectivity index (χ1n) is 7.35. The third-order valence-electron chi connectivity index (χ3n) is 3.42. The average Bonchev–Trinajstić information content (AvgIpc) is 3.09. The molecule has 0 atom stereocenters. The Bertz CT molecular complexity index is 810. The minimum atomic E-state index is -0.436. The van der Waals surface area contributed by atoms with Gasteiger partial charge in [-0.1, -0.05) is 30.3 Å². The quantitative estimate of drug-likeness (QED) is 0.653. The van der Waals surface area contributed by atoms with Gasteiger partial charge in [-0.05, 0) is 17.7 Å². The van der Waals surface area contributed by atoms with E-state index < -0.39 is 5.91 Å². The van der Waals surface area contributed by atoms with E-state index in [4.69, 9.17) is 14.7 Å². The summed E-state index contributed by atoms with van der Waals surface area (Å²) in [5, 5.41) is 14.8. The lowest BCUT2D eigenvalue weighted by molar-refractivity contribution is -0.117. The van der Waals surface area contributed by atoms with Crippen LogP contribution in [0.1, 0.15) is 5.56 Å². The van der Waals surface area contributed by atoms with Crippen LogP contribution in [0.25, 0.3) is 0 Å². The summed E-state index contributed by atoms with van der Waals surface area (Å²) in [5.41, 5.74) is 1.65. The third kappa shape index (κ3) is 3.65. The molecule has 3 rings (SSSR count). The van der Waals surface area contributed by atoms with E-state index >= 15 is 0 Å². The predicted molar refractivity (Wildman–Crippen MR) is 88.2 cm³/mol. The molecular weight excluding hydrogens is 306 g/mol. The Hall–Kier alpha value is -3.46. The molecule has 0 spiro atoms. The second-order valence-electron chi connectivity index (χ2n) is 5.05. The molecule has 24 heavy (non-hydrogen) atoms. The van der Waals surface area contributed by atoms with Gasteiger partial charge in [-0.3, -0.25) is 4.79 Å². The molecule has 2 N–H and O–H groups in total. The number of carbonyl (C=O) groups excluding carboxylic acids is 1. The zero-order valence-corrected chi connectivity index (χ0v) is 12.8. The van der Waals surface area contributed by atoms with Gasteiger partial charge in [-0.15, -0.1) is 0 Å². The highest BCUT2D eigenvalue weighted by molar-refractivity contribution is 5.97. The van der Waals surface area contributed by atoms with Crippen LogP contribution in [0.2, 0.25) is 0 Å². The fourth-order valence-electron chi connectivity index (χ4n) is 2.16. The number of hydrogen-bond acceptors (Lipinski definition) is 5. The summed E-state index contributed by atoms with van der Waals surface area (Å²) in [7, 11) is 0. The maximum atomic E-state index is 12.1. The highest BCUT2D eigenvalue weighted by atomic mass is 16.7. The predicted octanol–water partition coefficient (Wildman–Crippen LogP) is 2.55. The molecule has 0 unspecified atom stereocenters. The van der Waals surface area contributed by atoms with Gasteiger partial charge >= 0.3 is 0 Å². The summed E-state index contributed by atoms with van der Waals surface area (Å²) >= 11 is 0. The van der Waals surface area contributed by atoms with Crippen LogP contribution >= 0.6 is 0 Å². The van der Waals surface area contributed by atoms with Gasteiger partial charge in [0.1, 0.15) is 11.6 Å². The third-order valence-corrected chi connectivity index (χ3v) is 3.42. The molecule has 0 fully saturated rings. The van der Waals surface area contributed by atoms with E-state index in [9.17, 15) is 4.79 Å². The number of hydrogen-bond donors (Lipinski definition) is 2. The fourth-order valence-corrected chi connectivity index (χ4v) is 2.16. The highest BCUT2D eigenvalue weighted by Crippen LogP contribution is 2.34. The SMILES string of the molecule is N#C/C(=C/Nc1ccc2c(c1)OCO2)C(=O)NCc1ccccc1. The molecule has 1 aliphatic heterocycles. The Morgan fingerprint density at radius 1 is 1.17 bits per heavy atom. The van der Waals surface area contributed by atoms with Crippen molar-refractivity contribution in [1.29, 1.82) is 5.26 Å². The maximum Gasteiger partial charge on any atom is 0.263 e. The number of anilines is 1. The summed E-state index contributed by atoms with van der Waals surface area (Å²) in [6.45, 7) is 0.558. The van der Waals surface area contributed by atoms with E-state index in [1.807, 2.05) is 36.4 Å². The van der Waals surface area contributed by atoms with E-state index in [1.165, 1.54) is 6.20 Å². The molecule has 120 valence electrons. The molecule has 0 saturated heterocycles. The normalized spacial score (nSPS) is 12.4. The van der Waals surface area contributed by atoms with Gasteiger partial charge < -0.3 is 20.1 Å². The number of rotatable bonds is 5. The molecule has 0 radical (unpaired) electrons. The van der Waals surface area contributed by atoms with Gasteiger partial charge in [0.25, 0.3) is 5.91 Å². The van der Waals surface area contributed by atoms with E-state index in [1.54, 1.807) is 18.2 Å². The maximum absolute atomic E-state index is 12.1. The monoisotopic (exact) mass is 321 g/mol. The van der Waals surface area contributed by atoms with E-state index in [2.05, 4.69) is 10.6 Å². The number of carbonyl (C=O) groups is 1. The summed E-state index contributed by atoms with van der Waals surface area (Å²) in [4.78, 5) is 12.1. The van der Waals surface area contributed by atoms with Gasteiger partial charge in [-0.25, -0.2) is 0 Å². The van der Waals surface area contributed by atoms with Gasteiger partial charge in [0.2, 0.25) is 6.79 Å². The first-order valence-corrected chi connectivity index (χ1v) is 7.35. The Morgan fingerprint density at radius 3 is 2.75 bits per heavy atom. The Morgan fingerprint density at radius 2 is 1.96 bits per heavy atom. The van der Waals surface area contributed by atoms with Gasteiger partial charge in [0.05, 0.1) is 0 Å². The zero-order chi connectivity index (χ0) is 16.8. The van der Waals surface area contributed by atoms with E-state index in [0.717, 1.165) is 5.56 Å². The zero-order valence-electron chi connectivity index (χ0n) is 12.8. The van der Waals surface area contributed by atoms with Crippen LogP contribution in [0.15, 0.2) is 60.3 Å². The van der Waals surface area contributed by atoms with Crippen molar-refractivity contribution in [2.75, 3.05) is 12.1 Å². The molecule has 6 heteroatoms. The first-order chi connectivity index (χ1) is 11.8. The molecule has 0 saturated carbocycles. The van der Waals surface area contributed by atoms with Crippen molar-refractivity contribution in [3.05, 3.63) is 65.9 Å². The van der Waals surface area contributed by atoms with Crippen molar-refractivity contribution in [2.45, 2.75) is 6.54 Å². The molecule has 1 amide bonds. The van der Waals surface area contributed by atoms with Crippen LogP contribution in [-0.2, 0) is 11.3 Å². The minimum absolute atomic E-state index is 0.0106. The van der Waals surface area contributed by atoms with Crippen molar-refractivity contribution >= 4 is 11.6 Å². The highest BCUT2D eigenvalue weighted by Gasteiger charge is 2.13. The van der Waals surface area contributed by atoms with Crippen molar-refractivity contribution in [3.63, 3.8) is 0 Å². The number of amides is 1. The number of ether oxygens (including phenoxy) is 2. The number of nitrogens with zero attached hydrogens (tertiary/aromatic N) is 1.